The quantitative estimate of drug-likeness (QED) is 0.841. The lowest BCUT2D eigenvalue weighted by atomic mass is 9.97. The molecule has 0 spiro atoms. The highest BCUT2D eigenvalue weighted by Crippen LogP contribution is 2.29. The molecule has 0 aliphatic carbocycles. The molecule has 1 heterocycles. The average Bonchev–Trinajstić information content (AvgIpc) is 2.47. The lowest BCUT2D eigenvalue weighted by molar-refractivity contribution is -0.148. The van der Waals surface area contributed by atoms with Gasteiger partial charge in [-0.05, 0) is 31.9 Å². The van der Waals surface area contributed by atoms with Crippen molar-refractivity contribution in [1.82, 2.24) is 0 Å². The number of carbonyl (C=O) groups is 1. The van der Waals surface area contributed by atoms with E-state index in [1.165, 1.54) is 6.07 Å². The summed E-state index contributed by atoms with van der Waals surface area (Å²) >= 11 is 0. The van der Waals surface area contributed by atoms with E-state index in [1.54, 1.807) is 25.1 Å². The van der Waals surface area contributed by atoms with Crippen LogP contribution >= 0.6 is 0 Å². The zero-order chi connectivity index (χ0) is 15.5. The molecule has 1 fully saturated rings. The fraction of sp³-hybridized carbons (Fsp3) is 0.500. The Bertz CT molecular complexity index is 615. The maximum absolute atomic E-state index is 11.9. The van der Waals surface area contributed by atoms with Crippen LogP contribution in [0.1, 0.15) is 19.8 Å². The molecule has 2 rings (SSSR count). The second-order valence-electron chi connectivity index (χ2n) is 5.05. The second kappa shape index (κ2) is 6.44. The van der Waals surface area contributed by atoms with Crippen molar-refractivity contribution in [3.05, 3.63) is 24.3 Å². The van der Waals surface area contributed by atoms with Crippen molar-refractivity contribution < 1.29 is 17.9 Å². The highest BCUT2D eigenvalue weighted by atomic mass is 32.2. The summed E-state index contributed by atoms with van der Waals surface area (Å²) in [6.45, 7) is 3.27. The number of benzene rings is 1. The zero-order valence-electron chi connectivity index (χ0n) is 12.0. The smallest absolute Gasteiger partial charge is 0.310 e. The Kier molecular flexibility index (Phi) is 4.84. The Morgan fingerprint density at radius 3 is 2.81 bits per heavy atom. The van der Waals surface area contributed by atoms with Crippen LogP contribution in [-0.2, 0) is 19.6 Å². The van der Waals surface area contributed by atoms with E-state index in [9.17, 15) is 13.2 Å². The van der Waals surface area contributed by atoms with Gasteiger partial charge in [-0.25, -0.2) is 13.6 Å². The second-order valence-corrected chi connectivity index (χ2v) is 6.58. The minimum Gasteiger partial charge on any atom is -0.466 e. The van der Waals surface area contributed by atoms with E-state index >= 15 is 0 Å². The van der Waals surface area contributed by atoms with Crippen LogP contribution in [-0.4, -0.2) is 34.1 Å². The summed E-state index contributed by atoms with van der Waals surface area (Å²) in [5, 5.41) is 5.26. The number of esters is 1. The standard InChI is InChI=1S/C14H20N2O4S/c1-2-20-14(17)11-6-5-9-16(10-11)12-7-3-4-8-13(12)21(15,18)19/h3-4,7-8,11H,2,5-6,9-10H2,1H3,(H2,15,18,19). The number of sulfonamides is 1. The average molecular weight is 312 g/mol. The van der Waals surface area contributed by atoms with Crippen molar-refractivity contribution >= 4 is 21.7 Å². The number of para-hydroxylation sites is 1. The minimum absolute atomic E-state index is 0.0921. The highest BCUT2D eigenvalue weighted by molar-refractivity contribution is 7.89. The molecule has 1 aromatic rings. The largest absolute Gasteiger partial charge is 0.466 e. The topological polar surface area (TPSA) is 89.7 Å². The Morgan fingerprint density at radius 1 is 1.43 bits per heavy atom. The van der Waals surface area contributed by atoms with Crippen LogP contribution in [0.15, 0.2) is 29.2 Å². The van der Waals surface area contributed by atoms with Gasteiger partial charge in [-0.15, -0.1) is 0 Å². The number of hydrogen-bond donors (Lipinski definition) is 1. The van der Waals surface area contributed by atoms with E-state index in [4.69, 9.17) is 9.88 Å². The molecular formula is C14H20N2O4S. The third-order valence-corrected chi connectivity index (χ3v) is 4.51. The van der Waals surface area contributed by atoms with Crippen LogP contribution in [0.5, 0.6) is 0 Å². The Balaban J connectivity index is 2.25. The van der Waals surface area contributed by atoms with Crippen molar-refractivity contribution in [2.24, 2.45) is 11.1 Å². The first-order valence-electron chi connectivity index (χ1n) is 6.97. The molecule has 1 unspecified atom stereocenters. The van der Waals surface area contributed by atoms with E-state index in [2.05, 4.69) is 0 Å². The van der Waals surface area contributed by atoms with Crippen molar-refractivity contribution in [1.29, 1.82) is 0 Å². The van der Waals surface area contributed by atoms with Gasteiger partial charge in [0.05, 0.1) is 18.2 Å². The predicted octanol–water partition coefficient (Wildman–Crippen LogP) is 1.11. The van der Waals surface area contributed by atoms with Crippen molar-refractivity contribution in [2.45, 2.75) is 24.7 Å². The number of ether oxygens (including phenoxy) is 1. The molecular weight excluding hydrogens is 292 g/mol. The summed E-state index contributed by atoms with van der Waals surface area (Å²) < 4.78 is 28.4. The molecule has 116 valence electrons. The van der Waals surface area contributed by atoms with Crippen molar-refractivity contribution in [2.75, 3.05) is 24.6 Å². The summed E-state index contributed by atoms with van der Waals surface area (Å²) in [6.07, 6.45) is 1.56. The third-order valence-electron chi connectivity index (χ3n) is 3.55. The van der Waals surface area contributed by atoms with E-state index in [0.717, 1.165) is 12.8 Å². The lowest BCUT2D eigenvalue weighted by Gasteiger charge is -2.34. The molecule has 21 heavy (non-hydrogen) atoms. The van der Waals surface area contributed by atoms with E-state index in [1.807, 2.05) is 4.90 Å². The van der Waals surface area contributed by atoms with Gasteiger partial charge >= 0.3 is 5.97 Å². The number of nitrogens with zero attached hydrogens (tertiary/aromatic N) is 1. The highest BCUT2D eigenvalue weighted by Gasteiger charge is 2.29. The SMILES string of the molecule is CCOC(=O)C1CCCN(c2ccccc2S(N)(=O)=O)C1. The molecule has 0 radical (unpaired) electrons. The lowest BCUT2D eigenvalue weighted by Crippen LogP contribution is -2.40. The molecule has 6 nitrogen and oxygen atoms in total. The van der Waals surface area contributed by atoms with E-state index in [-0.39, 0.29) is 16.8 Å². The van der Waals surface area contributed by atoms with Crippen LogP contribution in [0, 0.1) is 5.92 Å². The summed E-state index contributed by atoms with van der Waals surface area (Å²) in [5.41, 5.74) is 0.550. The first-order chi connectivity index (χ1) is 9.93. The molecule has 1 aliphatic rings. The first kappa shape index (κ1) is 15.8. The normalized spacial score (nSPS) is 19.3. The predicted molar refractivity (Wildman–Crippen MR) is 79.4 cm³/mol. The maximum Gasteiger partial charge on any atom is 0.310 e. The molecule has 2 N–H and O–H groups in total. The number of carbonyl (C=O) groups excluding carboxylic acids is 1. The number of rotatable bonds is 4. The van der Waals surface area contributed by atoms with Gasteiger partial charge in [-0.2, -0.15) is 0 Å². The van der Waals surface area contributed by atoms with Gasteiger partial charge in [0.2, 0.25) is 10.0 Å². The maximum atomic E-state index is 11.9. The van der Waals surface area contributed by atoms with E-state index < -0.39 is 10.0 Å². The summed E-state index contributed by atoms with van der Waals surface area (Å²) in [5.74, 6) is -0.456. The monoisotopic (exact) mass is 312 g/mol. The Hall–Kier alpha value is -1.60. The van der Waals surface area contributed by atoms with Gasteiger partial charge in [0.15, 0.2) is 0 Å². The van der Waals surface area contributed by atoms with Gasteiger partial charge in [-0.3, -0.25) is 4.79 Å². The molecule has 1 aliphatic heterocycles. The van der Waals surface area contributed by atoms with Crippen LogP contribution in [0.2, 0.25) is 0 Å². The van der Waals surface area contributed by atoms with Gasteiger partial charge in [0.1, 0.15) is 4.90 Å². The van der Waals surface area contributed by atoms with Crippen LogP contribution in [0.25, 0.3) is 0 Å². The molecule has 7 heteroatoms. The molecule has 0 bridgehead atoms. The molecule has 1 atom stereocenters. The summed E-state index contributed by atoms with van der Waals surface area (Å²) in [4.78, 5) is 13.9. The van der Waals surface area contributed by atoms with Crippen molar-refractivity contribution in [3.8, 4) is 0 Å². The molecule has 0 saturated carbocycles. The molecule has 0 aromatic heterocycles. The fourth-order valence-corrected chi connectivity index (χ4v) is 3.36. The number of hydrogen-bond acceptors (Lipinski definition) is 5. The van der Waals surface area contributed by atoms with Gasteiger partial charge in [0, 0.05) is 13.1 Å². The zero-order valence-corrected chi connectivity index (χ0v) is 12.8. The van der Waals surface area contributed by atoms with E-state index in [0.29, 0.717) is 25.4 Å². The Morgan fingerprint density at radius 2 is 2.14 bits per heavy atom. The number of piperidine rings is 1. The Labute approximate surface area is 124 Å². The number of anilines is 1. The molecule has 1 saturated heterocycles. The third kappa shape index (κ3) is 3.74. The summed E-state index contributed by atoms with van der Waals surface area (Å²) in [6, 6.07) is 6.60. The van der Waals surface area contributed by atoms with Gasteiger partial charge < -0.3 is 9.64 Å². The van der Waals surface area contributed by atoms with Gasteiger partial charge in [0.25, 0.3) is 0 Å². The molecule has 0 amide bonds. The van der Waals surface area contributed by atoms with Gasteiger partial charge in [-0.1, -0.05) is 12.1 Å². The van der Waals surface area contributed by atoms with Crippen LogP contribution in [0.3, 0.4) is 0 Å². The van der Waals surface area contributed by atoms with Crippen LogP contribution in [0.4, 0.5) is 5.69 Å². The van der Waals surface area contributed by atoms with Crippen molar-refractivity contribution in [3.63, 3.8) is 0 Å². The first-order valence-corrected chi connectivity index (χ1v) is 8.51. The summed E-state index contributed by atoms with van der Waals surface area (Å²) in [7, 11) is -3.79. The van der Waals surface area contributed by atoms with Crippen LogP contribution < -0.4 is 10.0 Å². The number of nitrogens with two attached hydrogens (primary N) is 1. The molecule has 1 aromatic carbocycles. The fourth-order valence-electron chi connectivity index (χ4n) is 2.61. The number of primary sulfonamides is 1. The minimum atomic E-state index is -3.79.